The van der Waals surface area contributed by atoms with Crippen LogP contribution in [-0.2, 0) is 9.59 Å². The number of likely N-dealkylation sites (N-methyl/N-ethyl adjacent to an activating group) is 1. The van der Waals surface area contributed by atoms with Gasteiger partial charge >= 0.3 is 5.97 Å². The van der Waals surface area contributed by atoms with Crippen molar-refractivity contribution in [2.45, 2.75) is 32.2 Å². The number of likely N-dealkylation sites (tertiary alicyclic amines) is 1. The van der Waals surface area contributed by atoms with Crippen LogP contribution in [0.15, 0.2) is 0 Å². The first-order chi connectivity index (χ1) is 7.35. The monoisotopic (exact) mass is 228 g/mol. The quantitative estimate of drug-likeness (QED) is 0.757. The van der Waals surface area contributed by atoms with Gasteiger partial charge in [-0.05, 0) is 33.7 Å². The maximum Gasteiger partial charge on any atom is 0.323 e. The molecule has 1 fully saturated rings. The van der Waals surface area contributed by atoms with Crippen LogP contribution in [0.4, 0.5) is 0 Å². The summed E-state index contributed by atoms with van der Waals surface area (Å²) in [6.45, 7) is 4.98. The summed E-state index contributed by atoms with van der Waals surface area (Å²) in [5.41, 5.74) is -1.00. The molecule has 1 aliphatic heterocycles. The van der Waals surface area contributed by atoms with E-state index >= 15 is 0 Å². The number of carbonyl (C=O) groups is 2. The third-order valence-electron chi connectivity index (χ3n) is 3.31. The molecule has 1 aliphatic rings. The van der Waals surface area contributed by atoms with Gasteiger partial charge < -0.3 is 10.0 Å². The second kappa shape index (κ2) is 4.82. The lowest BCUT2D eigenvalue weighted by Gasteiger charge is -2.32. The largest absolute Gasteiger partial charge is 0.480 e. The Kier molecular flexibility index (Phi) is 3.91. The molecule has 1 saturated heterocycles. The molecule has 0 saturated carbocycles. The first kappa shape index (κ1) is 13.0. The van der Waals surface area contributed by atoms with Crippen LogP contribution in [0.5, 0.6) is 0 Å². The lowest BCUT2D eigenvalue weighted by molar-refractivity contribution is -0.149. The summed E-state index contributed by atoms with van der Waals surface area (Å²) in [5, 5.41) is 9.02. The molecule has 0 aromatic rings. The molecule has 1 heterocycles. The lowest BCUT2D eigenvalue weighted by atomic mass is 10.0. The van der Waals surface area contributed by atoms with Crippen LogP contribution >= 0.6 is 0 Å². The summed E-state index contributed by atoms with van der Waals surface area (Å²) < 4.78 is 0. The zero-order valence-corrected chi connectivity index (χ0v) is 10.2. The molecule has 1 rings (SSSR count). The van der Waals surface area contributed by atoms with Gasteiger partial charge in [-0.15, -0.1) is 0 Å². The van der Waals surface area contributed by atoms with Crippen molar-refractivity contribution in [1.82, 2.24) is 9.80 Å². The van der Waals surface area contributed by atoms with E-state index in [2.05, 4.69) is 0 Å². The average molecular weight is 228 g/mol. The maximum atomic E-state index is 11.8. The van der Waals surface area contributed by atoms with Crippen molar-refractivity contribution >= 4 is 11.9 Å². The number of aliphatic carboxylic acids is 1. The Bertz CT molecular complexity index is 283. The summed E-state index contributed by atoms with van der Waals surface area (Å²) in [6.07, 6.45) is 2.11. The van der Waals surface area contributed by atoms with Gasteiger partial charge in [-0.3, -0.25) is 14.5 Å². The first-order valence-corrected chi connectivity index (χ1v) is 5.58. The van der Waals surface area contributed by atoms with E-state index in [4.69, 9.17) is 5.11 Å². The summed E-state index contributed by atoms with van der Waals surface area (Å²) >= 11 is 0. The summed E-state index contributed by atoms with van der Waals surface area (Å²) in [5.74, 6) is -0.890. The van der Waals surface area contributed by atoms with Crippen molar-refractivity contribution in [3.63, 3.8) is 0 Å². The number of nitrogens with zero attached hydrogens (tertiary/aromatic N) is 2. The summed E-state index contributed by atoms with van der Waals surface area (Å²) in [4.78, 5) is 26.2. The van der Waals surface area contributed by atoms with Gasteiger partial charge in [0.05, 0.1) is 6.54 Å². The molecule has 0 bridgehead atoms. The second-order valence-corrected chi connectivity index (χ2v) is 4.81. The summed E-state index contributed by atoms with van der Waals surface area (Å²) in [6, 6.07) is 0. The van der Waals surface area contributed by atoms with Crippen LogP contribution in [-0.4, -0.2) is 59.0 Å². The van der Waals surface area contributed by atoms with E-state index in [0.29, 0.717) is 0 Å². The van der Waals surface area contributed by atoms with Gasteiger partial charge in [-0.1, -0.05) is 0 Å². The number of amides is 1. The van der Waals surface area contributed by atoms with Crippen molar-refractivity contribution in [3.8, 4) is 0 Å². The fraction of sp³-hybridized carbons (Fsp3) is 0.818. The second-order valence-electron chi connectivity index (χ2n) is 4.81. The van der Waals surface area contributed by atoms with Crippen LogP contribution in [0.1, 0.15) is 26.7 Å². The Hall–Kier alpha value is -1.10. The molecular weight excluding hydrogens is 208 g/mol. The molecular formula is C11H20N2O3. The highest BCUT2D eigenvalue weighted by atomic mass is 16.4. The molecule has 0 atom stereocenters. The SMILES string of the molecule is CN(CC(=O)N1CCCC1)C(C)(C)C(=O)O. The molecule has 5 heteroatoms. The van der Waals surface area contributed by atoms with E-state index in [9.17, 15) is 9.59 Å². The van der Waals surface area contributed by atoms with Crippen LogP contribution in [0, 0.1) is 0 Å². The Morgan fingerprint density at radius 2 is 1.81 bits per heavy atom. The molecule has 0 spiro atoms. The number of rotatable bonds is 4. The van der Waals surface area contributed by atoms with E-state index in [-0.39, 0.29) is 12.5 Å². The third kappa shape index (κ3) is 2.72. The lowest BCUT2D eigenvalue weighted by Crippen LogP contribution is -2.51. The van der Waals surface area contributed by atoms with Gasteiger partial charge in [0.1, 0.15) is 5.54 Å². The molecule has 0 radical (unpaired) electrons. The van der Waals surface area contributed by atoms with Crippen molar-refractivity contribution in [1.29, 1.82) is 0 Å². The predicted molar refractivity (Wildman–Crippen MR) is 60.2 cm³/mol. The van der Waals surface area contributed by atoms with E-state index in [1.165, 1.54) is 0 Å². The number of hydrogen-bond acceptors (Lipinski definition) is 3. The highest BCUT2D eigenvalue weighted by molar-refractivity contribution is 5.81. The van der Waals surface area contributed by atoms with E-state index in [1.54, 1.807) is 30.7 Å². The highest BCUT2D eigenvalue weighted by Crippen LogP contribution is 2.14. The zero-order chi connectivity index (χ0) is 12.3. The smallest absolute Gasteiger partial charge is 0.323 e. The summed E-state index contributed by atoms with van der Waals surface area (Å²) in [7, 11) is 1.67. The van der Waals surface area contributed by atoms with Crippen molar-refractivity contribution < 1.29 is 14.7 Å². The Balaban J connectivity index is 2.53. The standard InChI is InChI=1S/C11H20N2O3/c1-11(2,10(15)16)12(3)8-9(14)13-6-4-5-7-13/h4-8H2,1-3H3,(H,15,16). The number of hydrogen-bond donors (Lipinski definition) is 1. The fourth-order valence-electron chi connectivity index (χ4n) is 1.63. The fourth-order valence-corrected chi connectivity index (χ4v) is 1.63. The van der Waals surface area contributed by atoms with Crippen LogP contribution in [0.2, 0.25) is 0 Å². The van der Waals surface area contributed by atoms with Crippen molar-refractivity contribution in [3.05, 3.63) is 0 Å². The molecule has 0 aliphatic carbocycles. The third-order valence-corrected chi connectivity index (χ3v) is 3.31. The minimum absolute atomic E-state index is 0.0225. The highest BCUT2D eigenvalue weighted by Gasteiger charge is 2.34. The molecule has 1 amide bonds. The van der Waals surface area contributed by atoms with Gasteiger partial charge in [0, 0.05) is 13.1 Å². The molecule has 16 heavy (non-hydrogen) atoms. The Morgan fingerprint density at radius 3 is 2.25 bits per heavy atom. The normalized spacial score (nSPS) is 16.9. The predicted octanol–water partition coefficient (Wildman–Crippen LogP) is 0.404. The first-order valence-electron chi connectivity index (χ1n) is 5.58. The van der Waals surface area contributed by atoms with Crippen LogP contribution in [0.3, 0.4) is 0 Å². The molecule has 1 N–H and O–H groups in total. The minimum atomic E-state index is -1.00. The van der Waals surface area contributed by atoms with E-state index in [0.717, 1.165) is 25.9 Å². The van der Waals surface area contributed by atoms with E-state index in [1.807, 2.05) is 0 Å². The maximum absolute atomic E-state index is 11.8. The molecule has 5 nitrogen and oxygen atoms in total. The van der Waals surface area contributed by atoms with Crippen LogP contribution in [0.25, 0.3) is 0 Å². The van der Waals surface area contributed by atoms with Gasteiger partial charge in [0.25, 0.3) is 0 Å². The van der Waals surface area contributed by atoms with Gasteiger partial charge in [-0.25, -0.2) is 0 Å². The van der Waals surface area contributed by atoms with Crippen LogP contribution < -0.4 is 0 Å². The van der Waals surface area contributed by atoms with Crippen molar-refractivity contribution in [2.24, 2.45) is 0 Å². The average Bonchev–Trinajstić information content (AvgIpc) is 2.69. The van der Waals surface area contributed by atoms with Crippen molar-refractivity contribution in [2.75, 3.05) is 26.7 Å². The zero-order valence-electron chi connectivity index (χ0n) is 10.2. The Morgan fingerprint density at radius 1 is 1.31 bits per heavy atom. The van der Waals surface area contributed by atoms with Gasteiger partial charge in [-0.2, -0.15) is 0 Å². The molecule has 0 aromatic heterocycles. The minimum Gasteiger partial charge on any atom is -0.480 e. The van der Waals surface area contributed by atoms with Gasteiger partial charge in [0.2, 0.25) is 5.91 Å². The molecule has 0 aromatic carbocycles. The van der Waals surface area contributed by atoms with Gasteiger partial charge in [0.15, 0.2) is 0 Å². The number of carboxylic acid groups (broad SMARTS) is 1. The number of carbonyl (C=O) groups excluding carboxylic acids is 1. The van der Waals surface area contributed by atoms with E-state index < -0.39 is 11.5 Å². The Labute approximate surface area is 96.0 Å². The molecule has 92 valence electrons. The number of carboxylic acids is 1. The topological polar surface area (TPSA) is 60.9 Å². The molecule has 0 unspecified atom stereocenters.